The molecule has 3 nitrogen and oxygen atoms in total. The first-order chi connectivity index (χ1) is 5.93. The Kier molecular flexibility index (Phi) is 6.78. The Labute approximate surface area is 89.3 Å². The Balaban J connectivity index is 1.91. The zero-order chi connectivity index (χ0) is 8.65. The van der Waals surface area contributed by atoms with E-state index < -0.39 is 0 Å². The number of rotatable bonds is 5. The molecule has 0 unspecified atom stereocenters. The van der Waals surface area contributed by atoms with Crippen molar-refractivity contribution in [2.45, 2.75) is 18.9 Å². The molecule has 1 rings (SSSR count). The van der Waals surface area contributed by atoms with Crippen LogP contribution in [0.4, 0.5) is 0 Å². The standard InChI is InChI=1S/C7H13IO3S/c8-12-11-6-5-10-7-1-3-9-4-2-7/h7H,1-6H2. The summed E-state index contributed by atoms with van der Waals surface area (Å²) in [6.07, 6.45) is 2.44. The lowest BCUT2D eigenvalue weighted by Gasteiger charge is -2.21. The van der Waals surface area contributed by atoms with Gasteiger partial charge in [-0.1, -0.05) is 0 Å². The highest BCUT2D eigenvalue weighted by atomic mass is 127. The largest absolute Gasteiger partial charge is 0.381 e. The highest BCUT2D eigenvalue weighted by Gasteiger charge is 2.13. The molecule has 0 aromatic heterocycles. The van der Waals surface area contributed by atoms with Gasteiger partial charge in [-0.3, -0.25) is 0 Å². The second kappa shape index (κ2) is 7.37. The molecule has 0 bridgehead atoms. The van der Waals surface area contributed by atoms with E-state index in [1.165, 1.54) is 9.21 Å². The second-order valence-corrected chi connectivity index (χ2v) is 4.01. The average molecular weight is 304 g/mol. The number of halogens is 1. The molecule has 12 heavy (non-hydrogen) atoms. The lowest BCUT2D eigenvalue weighted by Crippen LogP contribution is -2.24. The maximum atomic E-state index is 5.56. The summed E-state index contributed by atoms with van der Waals surface area (Å²) in [5.74, 6) is 0. The summed E-state index contributed by atoms with van der Waals surface area (Å²) in [7, 11) is 1.35. The molecule has 5 heteroatoms. The van der Waals surface area contributed by atoms with Gasteiger partial charge in [0.25, 0.3) is 0 Å². The van der Waals surface area contributed by atoms with Crippen molar-refractivity contribution in [2.24, 2.45) is 0 Å². The first kappa shape index (κ1) is 11.0. The smallest absolute Gasteiger partial charge is 0.0857 e. The molecular weight excluding hydrogens is 291 g/mol. The number of hydrogen-bond donors (Lipinski definition) is 0. The molecule has 0 N–H and O–H groups in total. The van der Waals surface area contributed by atoms with Gasteiger partial charge in [-0.05, 0) is 12.8 Å². The van der Waals surface area contributed by atoms with Crippen molar-refractivity contribution in [1.82, 2.24) is 0 Å². The zero-order valence-electron chi connectivity index (χ0n) is 6.83. The molecule has 1 aliphatic heterocycles. The van der Waals surface area contributed by atoms with E-state index in [1.54, 1.807) is 0 Å². The number of hydrogen-bond acceptors (Lipinski definition) is 4. The third kappa shape index (κ3) is 4.86. The van der Waals surface area contributed by atoms with Crippen LogP contribution in [-0.4, -0.2) is 32.5 Å². The molecule has 0 aromatic carbocycles. The Hall–Kier alpha value is 0.960. The zero-order valence-corrected chi connectivity index (χ0v) is 9.80. The molecule has 1 fully saturated rings. The van der Waals surface area contributed by atoms with Crippen molar-refractivity contribution in [3.63, 3.8) is 0 Å². The van der Waals surface area contributed by atoms with Gasteiger partial charge in [0.2, 0.25) is 0 Å². The molecule has 0 atom stereocenters. The maximum Gasteiger partial charge on any atom is 0.0857 e. The summed E-state index contributed by atoms with van der Waals surface area (Å²) in [4.78, 5) is 0. The average Bonchev–Trinajstić information content (AvgIpc) is 2.14. The molecular formula is C7H13IO3S. The van der Waals surface area contributed by atoms with Gasteiger partial charge in [0.05, 0.1) is 28.5 Å². The topological polar surface area (TPSA) is 27.7 Å². The minimum absolute atomic E-state index is 0.390. The van der Waals surface area contributed by atoms with Crippen molar-refractivity contribution in [2.75, 3.05) is 26.4 Å². The van der Waals surface area contributed by atoms with Crippen LogP contribution in [-0.2, 0) is 13.7 Å². The van der Waals surface area contributed by atoms with Crippen LogP contribution in [0, 0.1) is 0 Å². The van der Waals surface area contributed by atoms with Gasteiger partial charge in [0, 0.05) is 34.4 Å². The van der Waals surface area contributed by atoms with Crippen molar-refractivity contribution >= 4 is 30.4 Å². The highest BCUT2D eigenvalue weighted by molar-refractivity contribution is 14.2. The van der Waals surface area contributed by atoms with Gasteiger partial charge >= 0.3 is 0 Å². The van der Waals surface area contributed by atoms with Crippen LogP contribution in [0.15, 0.2) is 0 Å². The van der Waals surface area contributed by atoms with E-state index in [-0.39, 0.29) is 0 Å². The summed E-state index contributed by atoms with van der Waals surface area (Å²) in [5, 5.41) is 0. The second-order valence-electron chi connectivity index (χ2n) is 2.57. The quantitative estimate of drug-likeness (QED) is 0.442. The van der Waals surface area contributed by atoms with Gasteiger partial charge in [-0.2, -0.15) is 0 Å². The van der Waals surface area contributed by atoms with E-state index in [4.69, 9.17) is 13.7 Å². The molecule has 1 heterocycles. The molecule has 0 aromatic rings. The summed E-state index contributed by atoms with van der Waals surface area (Å²) in [6, 6.07) is 0. The number of ether oxygens (including phenoxy) is 2. The maximum absolute atomic E-state index is 5.56. The van der Waals surface area contributed by atoms with Gasteiger partial charge < -0.3 is 13.7 Å². The third-order valence-corrected chi connectivity index (χ3v) is 2.75. The fourth-order valence-electron chi connectivity index (χ4n) is 1.12. The normalized spacial score (nSPS) is 19.8. The third-order valence-electron chi connectivity index (χ3n) is 1.73. The monoisotopic (exact) mass is 304 g/mol. The van der Waals surface area contributed by atoms with Crippen molar-refractivity contribution < 1.29 is 13.7 Å². The molecule has 72 valence electrons. The lowest BCUT2D eigenvalue weighted by atomic mass is 10.2. The van der Waals surface area contributed by atoms with Crippen LogP contribution >= 0.6 is 30.4 Å². The molecule has 0 amide bonds. The molecule has 0 radical (unpaired) electrons. The Morgan fingerprint density at radius 3 is 2.75 bits per heavy atom. The van der Waals surface area contributed by atoms with Crippen molar-refractivity contribution in [3.05, 3.63) is 0 Å². The highest BCUT2D eigenvalue weighted by Crippen LogP contribution is 2.13. The minimum Gasteiger partial charge on any atom is -0.381 e. The van der Waals surface area contributed by atoms with Crippen LogP contribution in [0.25, 0.3) is 0 Å². The van der Waals surface area contributed by atoms with Crippen LogP contribution in [0.3, 0.4) is 0 Å². The van der Waals surface area contributed by atoms with E-state index >= 15 is 0 Å². The first-order valence-electron chi connectivity index (χ1n) is 4.03. The lowest BCUT2D eigenvalue weighted by molar-refractivity contribution is -0.0374. The van der Waals surface area contributed by atoms with Crippen molar-refractivity contribution in [1.29, 1.82) is 0 Å². The predicted molar refractivity (Wildman–Crippen MR) is 57.4 cm³/mol. The molecule has 1 saturated heterocycles. The molecule has 0 aliphatic carbocycles. The van der Waals surface area contributed by atoms with E-state index in [0.29, 0.717) is 19.3 Å². The van der Waals surface area contributed by atoms with E-state index in [2.05, 4.69) is 21.2 Å². The van der Waals surface area contributed by atoms with Gasteiger partial charge in [0.1, 0.15) is 0 Å². The molecule has 1 aliphatic rings. The fraction of sp³-hybridized carbons (Fsp3) is 1.00. The summed E-state index contributed by atoms with van der Waals surface area (Å²) in [6.45, 7) is 3.05. The van der Waals surface area contributed by atoms with Crippen molar-refractivity contribution in [3.8, 4) is 0 Å². The van der Waals surface area contributed by atoms with E-state index in [1.807, 2.05) is 0 Å². The van der Waals surface area contributed by atoms with Crippen LogP contribution in [0.5, 0.6) is 0 Å². The van der Waals surface area contributed by atoms with Gasteiger partial charge in [-0.25, -0.2) is 0 Å². The Bertz CT molecular complexity index is 109. The summed E-state index contributed by atoms with van der Waals surface area (Å²) >= 11 is 2.10. The van der Waals surface area contributed by atoms with Gasteiger partial charge in [0.15, 0.2) is 0 Å². The van der Waals surface area contributed by atoms with Gasteiger partial charge in [-0.15, -0.1) is 0 Å². The van der Waals surface area contributed by atoms with E-state index in [0.717, 1.165) is 26.1 Å². The van der Waals surface area contributed by atoms with Crippen LogP contribution in [0.2, 0.25) is 0 Å². The SMILES string of the molecule is ISOCCOC1CCOCC1. The minimum atomic E-state index is 0.390. The fourth-order valence-corrected chi connectivity index (χ4v) is 1.79. The van der Waals surface area contributed by atoms with Crippen LogP contribution < -0.4 is 0 Å². The molecule has 0 saturated carbocycles. The Morgan fingerprint density at radius 2 is 2.08 bits per heavy atom. The first-order valence-corrected chi connectivity index (χ1v) is 7.31. The van der Waals surface area contributed by atoms with E-state index in [9.17, 15) is 0 Å². The van der Waals surface area contributed by atoms with Crippen LogP contribution in [0.1, 0.15) is 12.8 Å². The Morgan fingerprint density at radius 1 is 1.33 bits per heavy atom. The predicted octanol–water partition coefficient (Wildman–Crippen LogP) is 2.20. The summed E-state index contributed by atoms with van der Waals surface area (Å²) in [5.41, 5.74) is 0. The molecule has 0 spiro atoms. The summed E-state index contributed by atoms with van der Waals surface area (Å²) < 4.78 is 15.8.